The molecule has 11 heteroatoms. The summed E-state index contributed by atoms with van der Waals surface area (Å²) in [7, 11) is 2.87. The topological polar surface area (TPSA) is 82.5 Å². The van der Waals surface area contributed by atoms with Gasteiger partial charge in [0.2, 0.25) is 11.7 Å². The van der Waals surface area contributed by atoms with E-state index in [4.69, 9.17) is 14.2 Å². The SMILES string of the molecule is COc1cc2nc(C(F)(F)F)nc(N3CC[C@@H](Oc4cnc5ccccc5n4)C3)c2cc1OC. The molecule has 176 valence electrons. The summed E-state index contributed by atoms with van der Waals surface area (Å²) in [5, 5.41) is 0.428. The Morgan fingerprint density at radius 2 is 1.68 bits per heavy atom. The van der Waals surface area contributed by atoms with Crippen LogP contribution in [0.4, 0.5) is 19.0 Å². The van der Waals surface area contributed by atoms with Gasteiger partial charge in [0.05, 0.1) is 43.5 Å². The van der Waals surface area contributed by atoms with Crippen molar-refractivity contribution in [2.75, 3.05) is 32.2 Å². The number of ether oxygens (including phenoxy) is 3. The fraction of sp³-hybridized carbons (Fsp3) is 0.304. The van der Waals surface area contributed by atoms with E-state index in [2.05, 4.69) is 19.9 Å². The zero-order valence-electron chi connectivity index (χ0n) is 18.3. The largest absolute Gasteiger partial charge is 0.493 e. The van der Waals surface area contributed by atoms with Gasteiger partial charge in [0.1, 0.15) is 11.9 Å². The molecule has 1 fully saturated rings. The Morgan fingerprint density at radius 1 is 0.941 bits per heavy atom. The number of para-hydroxylation sites is 2. The highest BCUT2D eigenvalue weighted by molar-refractivity contribution is 5.92. The van der Waals surface area contributed by atoms with E-state index in [0.717, 1.165) is 5.52 Å². The minimum Gasteiger partial charge on any atom is -0.493 e. The summed E-state index contributed by atoms with van der Waals surface area (Å²) < 4.78 is 57.3. The second-order valence-corrected chi connectivity index (χ2v) is 7.76. The van der Waals surface area contributed by atoms with Gasteiger partial charge in [0, 0.05) is 24.4 Å². The van der Waals surface area contributed by atoms with Crippen molar-refractivity contribution >= 4 is 27.8 Å². The van der Waals surface area contributed by atoms with Crippen LogP contribution in [0, 0.1) is 0 Å². The maximum absolute atomic E-state index is 13.6. The van der Waals surface area contributed by atoms with Gasteiger partial charge in [0.15, 0.2) is 11.5 Å². The smallest absolute Gasteiger partial charge is 0.451 e. The Kier molecular flexibility index (Phi) is 5.46. The first-order valence-electron chi connectivity index (χ1n) is 10.5. The molecule has 5 rings (SSSR count). The number of hydrogen-bond donors (Lipinski definition) is 0. The Hall–Kier alpha value is -3.89. The van der Waals surface area contributed by atoms with Crippen LogP contribution in [-0.4, -0.2) is 53.3 Å². The van der Waals surface area contributed by atoms with E-state index in [1.807, 2.05) is 24.3 Å². The molecule has 34 heavy (non-hydrogen) atoms. The lowest BCUT2D eigenvalue weighted by molar-refractivity contribution is -0.144. The number of nitrogens with zero attached hydrogens (tertiary/aromatic N) is 5. The third kappa shape index (κ3) is 4.09. The van der Waals surface area contributed by atoms with Crippen molar-refractivity contribution in [3.63, 3.8) is 0 Å². The molecule has 1 saturated heterocycles. The van der Waals surface area contributed by atoms with E-state index >= 15 is 0 Å². The quantitative estimate of drug-likeness (QED) is 0.427. The van der Waals surface area contributed by atoms with Gasteiger partial charge in [-0.05, 0) is 18.2 Å². The maximum atomic E-state index is 13.6. The van der Waals surface area contributed by atoms with Gasteiger partial charge >= 0.3 is 6.18 Å². The monoisotopic (exact) mass is 471 g/mol. The summed E-state index contributed by atoms with van der Waals surface area (Å²) >= 11 is 0. The fourth-order valence-corrected chi connectivity index (χ4v) is 3.99. The van der Waals surface area contributed by atoms with Crippen molar-refractivity contribution in [1.29, 1.82) is 0 Å². The van der Waals surface area contributed by atoms with Gasteiger partial charge in [-0.15, -0.1) is 0 Å². The van der Waals surface area contributed by atoms with E-state index in [1.165, 1.54) is 20.3 Å². The number of alkyl halides is 3. The van der Waals surface area contributed by atoms with Crippen molar-refractivity contribution in [2.45, 2.75) is 18.7 Å². The molecule has 4 aromatic rings. The van der Waals surface area contributed by atoms with Crippen LogP contribution in [0.5, 0.6) is 17.4 Å². The number of methoxy groups -OCH3 is 2. The van der Waals surface area contributed by atoms with E-state index in [-0.39, 0.29) is 23.2 Å². The fourth-order valence-electron chi connectivity index (χ4n) is 3.99. The van der Waals surface area contributed by atoms with Crippen molar-refractivity contribution in [1.82, 2.24) is 19.9 Å². The van der Waals surface area contributed by atoms with E-state index in [1.54, 1.807) is 17.2 Å². The molecule has 0 aliphatic carbocycles. The highest BCUT2D eigenvalue weighted by Crippen LogP contribution is 2.38. The maximum Gasteiger partial charge on any atom is 0.451 e. The second kappa shape index (κ2) is 8.47. The van der Waals surface area contributed by atoms with Crippen LogP contribution in [0.15, 0.2) is 42.6 Å². The van der Waals surface area contributed by atoms with Crippen molar-refractivity contribution < 1.29 is 27.4 Å². The van der Waals surface area contributed by atoms with Gasteiger partial charge in [0.25, 0.3) is 0 Å². The number of fused-ring (bicyclic) bond motifs is 2. The minimum absolute atomic E-state index is 0.111. The first-order valence-corrected chi connectivity index (χ1v) is 10.5. The normalized spacial score (nSPS) is 16.3. The van der Waals surface area contributed by atoms with Crippen LogP contribution in [-0.2, 0) is 6.18 Å². The molecular weight excluding hydrogens is 451 g/mol. The summed E-state index contributed by atoms with van der Waals surface area (Å²) in [6.45, 7) is 0.774. The predicted octanol–water partition coefficient (Wildman–Crippen LogP) is 4.27. The summed E-state index contributed by atoms with van der Waals surface area (Å²) in [6, 6.07) is 10.4. The minimum atomic E-state index is -4.70. The molecule has 3 heterocycles. The van der Waals surface area contributed by atoms with Crippen LogP contribution in [0.25, 0.3) is 21.9 Å². The molecule has 0 bridgehead atoms. The first kappa shape index (κ1) is 21.9. The standard InChI is InChI=1S/C23H20F3N5O3/c1-32-18-9-14-17(10-19(18)33-2)29-22(23(24,25)26)30-21(14)31-8-7-13(12-31)34-20-11-27-15-5-3-4-6-16(15)28-20/h3-6,9-11,13H,7-8,12H2,1-2H3/t13-/m1/s1. The Morgan fingerprint density at radius 3 is 2.41 bits per heavy atom. The van der Waals surface area contributed by atoms with Gasteiger partial charge in [-0.1, -0.05) is 12.1 Å². The average Bonchev–Trinajstić information content (AvgIpc) is 3.29. The highest BCUT2D eigenvalue weighted by atomic mass is 19.4. The van der Waals surface area contributed by atoms with Crippen LogP contribution in [0.2, 0.25) is 0 Å². The number of benzene rings is 2. The Bertz CT molecular complexity index is 1370. The van der Waals surface area contributed by atoms with E-state index in [9.17, 15) is 13.2 Å². The molecule has 0 unspecified atom stereocenters. The predicted molar refractivity (Wildman–Crippen MR) is 118 cm³/mol. The zero-order chi connectivity index (χ0) is 23.9. The molecule has 2 aromatic carbocycles. The van der Waals surface area contributed by atoms with Gasteiger partial charge in [-0.2, -0.15) is 13.2 Å². The number of hydrogen-bond acceptors (Lipinski definition) is 8. The lowest BCUT2D eigenvalue weighted by Crippen LogP contribution is -2.27. The van der Waals surface area contributed by atoms with Crippen LogP contribution in [0.3, 0.4) is 0 Å². The average molecular weight is 471 g/mol. The lowest BCUT2D eigenvalue weighted by atomic mass is 10.2. The molecule has 2 aromatic heterocycles. The summed E-state index contributed by atoms with van der Waals surface area (Å²) in [5.41, 5.74) is 1.56. The molecule has 8 nitrogen and oxygen atoms in total. The van der Waals surface area contributed by atoms with Crippen LogP contribution in [0.1, 0.15) is 12.2 Å². The molecular formula is C23H20F3N5O3. The third-order valence-corrected chi connectivity index (χ3v) is 5.59. The summed E-state index contributed by atoms with van der Waals surface area (Å²) in [6.07, 6.45) is -2.87. The van der Waals surface area contributed by atoms with Crippen molar-refractivity contribution in [2.24, 2.45) is 0 Å². The molecule has 1 atom stereocenters. The van der Waals surface area contributed by atoms with Gasteiger partial charge in [-0.3, -0.25) is 0 Å². The van der Waals surface area contributed by atoms with Gasteiger partial charge in [-0.25, -0.2) is 19.9 Å². The van der Waals surface area contributed by atoms with Crippen molar-refractivity contribution in [3.8, 4) is 17.4 Å². The summed E-state index contributed by atoms with van der Waals surface area (Å²) in [4.78, 5) is 18.2. The van der Waals surface area contributed by atoms with E-state index in [0.29, 0.717) is 42.0 Å². The summed E-state index contributed by atoms with van der Waals surface area (Å²) in [5.74, 6) is -0.0373. The molecule has 1 aliphatic heterocycles. The lowest BCUT2D eigenvalue weighted by Gasteiger charge is -2.21. The van der Waals surface area contributed by atoms with Crippen LogP contribution >= 0.6 is 0 Å². The number of anilines is 1. The zero-order valence-corrected chi connectivity index (χ0v) is 18.3. The molecule has 0 amide bonds. The van der Waals surface area contributed by atoms with Crippen LogP contribution < -0.4 is 19.1 Å². The molecule has 0 saturated carbocycles. The number of aromatic nitrogens is 4. The molecule has 0 N–H and O–H groups in total. The van der Waals surface area contributed by atoms with Crippen molar-refractivity contribution in [3.05, 3.63) is 48.4 Å². The van der Waals surface area contributed by atoms with E-state index < -0.39 is 12.0 Å². The molecule has 1 aliphatic rings. The Balaban J connectivity index is 1.47. The number of halogens is 3. The molecule has 0 spiro atoms. The highest BCUT2D eigenvalue weighted by Gasteiger charge is 2.37. The first-order chi connectivity index (χ1) is 16.4. The second-order valence-electron chi connectivity index (χ2n) is 7.76. The number of rotatable bonds is 5. The Labute approximate surface area is 192 Å². The van der Waals surface area contributed by atoms with Gasteiger partial charge < -0.3 is 19.1 Å². The third-order valence-electron chi connectivity index (χ3n) is 5.59. The molecule has 0 radical (unpaired) electrons.